The molecule has 0 spiro atoms. The minimum absolute atomic E-state index is 0.0174. The van der Waals surface area contributed by atoms with Crippen molar-refractivity contribution in [2.24, 2.45) is 0 Å². The van der Waals surface area contributed by atoms with Gasteiger partial charge in [-0.2, -0.15) is 0 Å². The zero-order chi connectivity index (χ0) is 33.9. The number of aldehydes is 1. The molecule has 2 amide bonds. The molecular formula is C38H36N2O8. The van der Waals surface area contributed by atoms with E-state index in [-0.39, 0.29) is 56.7 Å². The number of Topliss-reactive ketones (excluding diaryl/α,β-unsaturated/α-hetero) is 2. The number of aliphatic hydroxyl groups is 1. The first-order valence-electron chi connectivity index (χ1n) is 15.7. The van der Waals surface area contributed by atoms with Gasteiger partial charge in [0.1, 0.15) is 19.5 Å². The molecule has 246 valence electrons. The van der Waals surface area contributed by atoms with Crippen LogP contribution in [0.1, 0.15) is 57.5 Å². The van der Waals surface area contributed by atoms with Gasteiger partial charge < -0.3 is 19.4 Å². The summed E-state index contributed by atoms with van der Waals surface area (Å²) in [5.41, 5.74) is 3.81. The number of benzene rings is 4. The fraction of sp³-hybridized carbons (Fsp3) is 0.237. The van der Waals surface area contributed by atoms with Crippen molar-refractivity contribution in [1.29, 1.82) is 0 Å². The van der Waals surface area contributed by atoms with E-state index in [4.69, 9.17) is 9.47 Å². The van der Waals surface area contributed by atoms with E-state index in [1.165, 1.54) is 9.80 Å². The van der Waals surface area contributed by atoms with Gasteiger partial charge in [-0.05, 0) is 41.8 Å². The Hall–Kier alpha value is -5.61. The van der Waals surface area contributed by atoms with Crippen LogP contribution in [0.25, 0.3) is 0 Å². The highest BCUT2D eigenvalue weighted by atomic mass is 16.6. The van der Waals surface area contributed by atoms with Crippen LogP contribution in [-0.4, -0.2) is 53.8 Å². The molecule has 0 fully saturated rings. The summed E-state index contributed by atoms with van der Waals surface area (Å²) in [5, 5.41) is 9.27. The molecule has 10 nitrogen and oxygen atoms in total. The number of hydrogen-bond donors (Lipinski definition) is 1. The predicted molar refractivity (Wildman–Crippen MR) is 179 cm³/mol. The second-order valence-corrected chi connectivity index (χ2v) is 11.3. The molecule has 10 heteroatoms. The molecular weight excluding hydrogens is 612 g/mol. The summed E-state index contributed by atoms with van der Waals surface area (Å²) < 4.78 is 10.8. The van der Waals surface area contributed by atoms with Crippen molar-refractivity contribution >= 4 is 41.4 Å². The fourth-order valence-electron chi connectivity index (χ4n) is 5.82. The van der Waals surface area contributed by atoms with Gasteiger partial charge in [0.05, 0.1) is 17.4 Å². The maximum atomic E-state index is 12.6. The number of carbonyl (C=O) groups excluding carboxylic acids is 5. The van der Waals surface area contributed by atoms with Crippen molar-refractivity contribution in [3.05, 3.63) is 131 Å². The van der Waals surface area contributed by atoms with Crippen molar-refractivity contribution in [1.82, 2.24) is 0 Å². The molecule has 2 atom stereocenters. The third-order valence-corrected chi connectivity index (χ3v) is 8.13. The number of ketones is 2. The molecule has 2 heterocycles. The summed E-state index contributed by atoms with van der Waals surface area (Å²) in [6.45, 7) is 0.209. The van der Waals surface area contributed by atoms with E-state index < -0.39 is 18.2 Å². The Morgan fingerprint density at radius 3 is 1.52 bits per heavy atom. The summed E-state index contributed by atoms with van der Waals surface area (Å²) in [6, 6.07) is 31.8. The Balaban J connectivity index is 0.000000188. The van der Waals surface area contributed by atoms with Crippen molar-refractivity contribution in [3.63, 3.8) is 0 Å². The third-order valence-electron chi connectivity index (χ3n) is 8.13. The highest BCUT2D eigenvalue weighted by Gasteiger charge is 2.37. The van der Waals surface area contributed by atoms with Crippen molar-refractivity contribution in [3.8, 4) is 0 Å². The minimum Gasteiger partial charge on any atom is -0.444 e. The van der Waals surface area contributed by atoms with Crippen LogP contribution in [0.15, 0.2) is 109 Å². The zero-order valence-corrected chi connectivity index (χ0v) is 26.3. The van der Waals surface area contributed by atoms with Gasteiger partial charge in [0.25, 0.3) is 0 Å². The number of amides is 2. The van der Waals surface area contributed by atoms with Gasteiger partial charge >= 0.3 is 12.2 Å². The molecule has 2 unspecified atom stereocenters. The molecule has 6 rings (SSSR count). The van der Waals surface area contributed by atoms with E-state index in [1.54, 1.807) is 48.5 Å². The van der Waals surface area contributed by atoms with Crippen LogP contribution in [-0.2, 0) is 27.5 Å². The number of rotatable bonds is 8. The maximum absolute atomic E-state index is 12.6. The lowest BCUT2D eigenvalue weighted by Gasteiger charge is -2.35. The van der Waals surface area contributed by atoms with Gasteiger partial charge in [-0.1, -0.05) is 84.9 Å². The third kappa shape index (κ3) is 8.02. The number of anilines is 2. The lowest BCUT2D eigenvalue weighted by Crippen LogP contribution is -2.46. The highest BCUT2D eigenvalue weighted by Crippen LogP contribution is 2.33. The van der Waals surface area contributed by atoms with Crippen LogP contribution < -0.4 is 9.80 Å². The van der Waals surface area contributed by atoms with Crippen molar-refractivity contribution in [2.45, 2.75) is 51.0 Å². The SMILES string of the molecule is O=C1CC(CCO)N(C(=O)OCc2ccccc2)c2ccccc21.O=CCC1CC(=O)c2ccccc2N1C(=O)OCc1ccccc1. The molecule has 0 saturated carbocycles. The van der Waals surface area contributed by atoms with Crippen LogP contribution in [0.2, 0.25) is 0 Å². The zero-order valence-electron chi connectivity index (χ0n) is 26.3. The van der Waals surface area contributed by atoms with Crippen molar-refractivity contribution in [2.75, 3.05) is 16.4 Å². The van der Waals surface area contributed by atoms with E-state index >= 15 is 0 Å². The topological polar surface area (TPSA) is 131 Å². The molecule has 1 N–H and O–H groups in total. The first-order chi connectivity index (χ1) is 23.4. The molecule has 0 saturated heterocycles. The number of hydrogen-bond acceptors (Lipinski definition) is 8. The summed E-state index contributed by atoms with van der Waals surface area (Å²) in [5.74, 6) is -0.0827. The Labute approximate surface area is 278 Å². The van der Waals surface area contributed by atoms with Gasteiger partial charge in [-0.3, -0.25) is 19.4 Å². The average molecular weight is 649 g/mol. The summed E-state index contributed by atoms with van der Waals surface area (Å²) in [6.07, 6.45) is 0.418. The molecule has 0 radical (unpaired) electrons. The minimum atomic E-state index is -0.550. The van der Waals surface area contributed by atoms with Gasteiger partial charge in [0.15, 0.2) is 11.6 Å². The number of carbonyl (C=O) groups is 5. The van der Waals surface area contributed by atoms with Crippen LogP contribution in [0.5, 0.6) is 0 Å². The molecule has 0 aromatic heterocycles. The fourth-order valence-corrected chi connectivity index (χ4v) is 5.82. The van der Waals surface area contributed by atoms with E-state index in [2.05, 4.69) is 0 Å². The Kier molecular flexibility index (Phi) is 11.4. The molecule has 48 heavy (non-hydrogen) atoms. The van der Waals surface area contributed by atoms with Crippen LogP contribution in [0.4, 0.5) is 21.0 Å². The first-order valence-corrected chi connectivity index (χ1v) is 15.7. The lowest BCUT2D eigenvalue weighted by molar-refractivity contribution is -0.108. The molecule has 4 aromatic rings. The van der Waals surface area contributed by atoms with Gasteiger partial charge in [-0.15, -0.1) is 0 Å². The van der Waals surface area contributed by atoms with Crippen LogP contribution in [0.3, 0.4) is 0 Å². The van der Waals surface area contributed by atoms with Gasteiger partial charge in [0, 0.05) is 43.0 Å². The normalized spacial score (nSPS) is 16.5. The largest absolute Gasteiger partial charge is 0.444 e. The Morgan fingerprint density at radius 1 is 0.646 bits per heavy atom. The maximum Gasteiger partial charge on any atom is 0.414 e. The monoisotopic (exact) mass is 648 g/mol. The highest BCUT2D eigenvalue weighted by molar-refractivity contribution is 6.09. The molecule has 2 aliphatic heterocycles. The van der Waals surface area contributed by atoms with Gasteiger partial charge in [0.2, 0.25) is 0 Å². The quantitative estimate of drug-likeness (QED) is 0.213. The van der Waals surface area contributed by atoms with E-state index in [9.17, 15) is 29.1 Å². The van der Waals surface area contributed by atoms with Crippen LogP contribution in [0, 0.1) is 0 Å². The number of fused-ring (bicyclic) bond motifs is 2. The Morgan fingerprint density at radius 2 is 1.06 bits per heavy atom. The summed E-state index contributed by atoms with van der Waals surface area (Å²) in [7, 11) is 0. The first kappa shape index (κ1) is 33.7. The number of aliphatic hydroxyl groups excluding tert-OH is 1. The molecule has 4 aromatic carbocycles. The second kappa shape index (κ2) is 16.3. The van der Waals surface area contributed by atoms with E-state index in [0.29, 0.717) is 28.9 Å². The molecule has 2 aliphatic rings. The van der Waals surface area contributed by atoms with Gasteiger partial charge in [-0.25, -0.2) is 9.59 Å². The van der Waals surface area contributed by atoms with E-state index in [0.717, 1.165) is 17.4 Å². The lowest BCUT2D eigenvalue weighted by atomic mass is 9.93. The molecule has 0 aliphatic carbocycles. The number of ether oxygens (including phenoxy) is 2. The second-order valence-electron chi connectivity index (χ2n) is 11.3. The van der Waals surface area contributed by atoms with Crippen molar-refractivity contribution < 1.29 is 38.6 Å². The summed E-state index contributed by atoms with van der Waals surface area (Å²) in [4.78, 5) is 63.6. The Bertz CT molecular complexity index is 1740. The standard InChI is InChI=1S/C19H19NO4.C19H17NO4/c2*21-11-10-15-12-18(22)16-8-4-5-9-17(16)20(15)19(23)24-13-14-6-2-1-3-7-14/h1-9,15,21H,10-13H2;1-9,11,15H,10,12-13H2. The number of nitrogens with zero attached hydrogens (tertiary/aromatic N) is 2. The number of para-hydroxylation sites is 2. The smallest absolute Gasteiger partial charge is 0.414 e. The predicted octanol–water partition coefficient (Wildman–Crippen LogP) is 6.54. The van der Waals surface area contributed by atoms with E-state index in [1.807, 2.05) is 60.7 Å². The molecule has 0 bridgehead atoms. The summed E-state index contributed by atoms with van der Waals surface area (Å²) >= 11 is 0. The average Bonchev–Trinajstić information content (AvgIpc) is 3.11. The van der Waals surface area contributed by atoms with Crippen LogP contribution >= 0.6 is 0 Å².